The summed E-state index contributed by atoms with van der Waals surface area (Å²) in [6, 6.07) is 13.3. The number of aromatic nitrogens is 2. The van der Waals surface area contributed by atoms with E-state index < -0.39 is 5.97 Å². The molecule has 1 N–H and O–H groups in total. The van der Waals surface area contributed by atoms with Crippen LogP contribution in [0.2, 0.25) is 0 Å². The minimum Gasteiger partial charge on any atom is -0.487 e. The SMILES string of the molecule is O=C(O)c1cnc(/C=C\c2ccc(OCc3ccccn3)cc2)s1. The van der Waals surface area contributed by atoms with Crippen LogP contribution >= 0.6 is 11.3 Å². The van der Waals surface area contributed by atoms with E-state index in [0.717, 1.165) is 28.3 Å². The van der Waals surface area contributed by atoms with Gasteiger partial charge in [-0.05, 0) is 35.9 Å². The third-order valence-corrected chi connectivity index (χ3v) is 4.10. The highest BCUT2D eigenvalue weighted by Crippen LogP contribution is 2.18. The number of carboxylic acid groups (broad SMARTS) is 1. The summed E-state index contributed by atoms with van der Waals surface area (Å²) in [5.74, 6) is -0.193. The molecule has 0 aliphatic rings. The summed E-state index contributed by atoms with van der Waals surface area (Å²) in [6.45, 7) is 0.424. The molecule has 24 heavy (non-hydrogen) atoms. The molecular weight excluding hydrogens is 324 g/mol. The van der Waals surface area contributed by atoms with Gasteiger partial charge in [-0.1, -0.05) is 24.3 Å². The largest absolute Gasteiger partial charge is 0.487 e. The van der Waals surface area contributed by atoms with Gasteiger partial charge in [-0.2, -0.15) is 0 Å². The Morgan fingerprint density at radius 1 is 1.12 bits per heavy atom. The molecule has 0 aliphatic heterocycles. The topological polar surface area (TPSA) is 72.3 Å². The Hall–Kier alpha value is -2.99. The molecule has 2 heterocycles. The van der Waals surface area contributed by atoms with Gasteiger partial charge in [-0.15, -0.1) is 11.3 Å². The van der Waals surface area contributed by atoms with Crippen molar-refractivity contribution < 1.29 is 14.6 Å². The van der Waals surface area contributed by atoms with E-state index in [1.54, 1.807) is 12.3 Å². The fourth-order valence-electron chi connectivity index (χ4n) is 1.95. The average molecular weight is 338 g/mol. The minimum absolute atomic E-state index is 0.230. The van der Waals surface area contributed by atoms with Crippen LogP contribution < -0.4 is 4.74 Å². The van der Waals surface area contributed by atoms with E-state index in [1.807, 2.05) is 48.5 Å². The lowest BCUT2D eigenvalue weighted by Gasteiger charge is -2.05. The molecule has 120 valence electrons. The van der Waals surface area contributed by atoms with Gasteiger partial charge in [0.15, 0.2) is 0 Å². The molecule has 3 rings (SSSR count). The lowest BCUT2D eigenvalue weighted by Crippen LogP contribution is -1.97. The summed E-state index contributed by atoms with van der Waals surface area (Å²) in [7, 11) is 0. The highest BCUT2D eigenvalue weighted by atomic mass is 32.1. The summed E-state index contributed by atoms with van der Waals surface area (Å²) in [6.07, 6.45) is 6.77. The number of hydrogen-bond acceptors (Lipinski definition) is 5. The lowest BCUT2D eigenvalue weighted by atomic mass is 10.2. The number of benzene rings is 1. The number of carbonyl (C=O) groups is 1. The van der Waals surface area contributed by atoms with Crippen LogP contribution in [0.15, 0.2) is 54.9 Å². The van der Waals surface area contributed by atoms with Crippen LogP contribution in [0.4, 0.5) is 0 Å². The standard InChI is InChI=1S/C18H14N2O3S/c21-18(22)16-11-20-17(24-16)9-6-13-4-7-15(8-5-13)23-12-14-3-1-2-10-19-14/h1-11H,12H2,(H,21,22)/b9-6-. The molecule has 0 saturated heterocycles. The number of ether oxygens (including phenoxy) is 1. The number of hydrogen-bond donors (Lipinski definition) is 1. The average Bonchev–Trinajstić information content (AvgIpc) is 3.09. The minimum atomic E-state index is -0.957. The van der Waals surface area contributed by atoms with E-state index in [9.17, 15) is 4.79 Å². The first-order chi connectivity index (χ1) is 11.7. The molecular formula is C18H14N2O3S. The summed E-state index contributed by atoms with van der Waals surface area (Å²) >= 11 is 1.14. The van der Waals surface area contributed by atoms with Crippen LogP contribution in [0.5, 0.6) is 5.75 Å². The fourth-order valence-corrected chi connectivity index (χ4v) is 2.61. The zero-order valence-corrected chi connectivity index (χ0v) is 13.4. The number of carboxylic acids is 1. The first kappa shape index (κ1) is 15.9. The van der Waals surface area contributed by atoms with Crippen LogP contribution in [0.25, 0.3) is 12.2 Å². The van der Waals surface area contributed by atoms with Crippen molar-refractivity contribution in [3.63, 3.8) is 0 Å². The van der Waals surface area contributed by atoms with Crippen LogP contribution in [0.1, 0.15) is 25.9 Å². The van der Waals surface area contributed by atoms with Crippen molar-refractivity contribution in [1.29, 1.82) is 0 Å². The van der Waals surface area contributed by atoms with Crippen LogP contribution in [0.3, 0.4) is 0 Å². The maximum atomic E-state index is 10.8. The third kappa shape index (κ3) is 4.27. The maximum absolute atomic E-state index is 10.8. The number of pyridine rings is 1. The Balaban J connectivity index is 1.59. The van der Waals surface area contributed by atoms with E-state index in [1.165, 1.54) is 6.20 Å². The van der Waals surface area contributed by atoms with Crippen molar-refractivity contribution in [2.75, 3.05) is 0 Å². The Labute approximate surface area is 142 Å². The van der Waals surface area contributed by atoms with Gasteiger partial charge in [0, 0.05) is 6.20 Å². The molecule has 0 saturated carbocycles. The van der Waals surface area contributed by atoms with Crippen molar-refractivity contribution in [2.45, 2.75) is 6.61 Å². The summed E-state index contributed by atoms with van der Waals surface area (Å²) in [5, 5.41) is 9.53. The monoisotopic (exact) mass is 338 g/mol. The van der Waals surface area contributed by atoms with Gasteiger partial charge < -0.3 is 9.84 Å². The number of aromatic carboxylic acids is 1. The summed E-state index contributed by atoms with van der Waals surface area (Å²) < 4.78 is 5.68. The first-order valence-corrected chi connectivity index (χ1v) is 8.02. The molecule has 0 atom stereocenters. The van der Waals surface area contributed by atoms with E-state index in [-0.39, 0.29) is 4.88 Å². The molecule has 3 aromatic rings. The lowest BCUT2D eigenvalue weighted by molar-refractivity contribution is 0.0702. The quantitative estimate of drug-likeness (QED) is 0.736. The molecule has 5 nitrogen and oxygen atoms in total. The molecule has 0 amide bonds. The van der Waals surface area contributed by atoms with Crippen molar-refractivity contribution >= 4 is 29.5 Å². The summed E-state index contributed by atoms with van der Waals surface area (Å²) in [4.78, 5) is 19.3. The maximum Gasteiger partial charge on any atom is 0.347 e. The van der Waals surface area contributed by atoms with Gasteiger partial charge >= 0.3 is 5.97 Å². The van der Waals surface area contributed by atoms with E-state index in [4.69, 9.17) is 9.84 Å². The normalized spacial score (nSPS) is 10.8. The second-order valence-electron chi connectivity index (χ2n) is 4.88. The van der Waals surface area contributed by atoms with Crippen molar-refractivity contribution in [3.05, 3.63) is 76.0 Å². The second-order valence-corrected chi connectivity index (χ2v) is 5.94. The molecule has 2 aromatic heterocycles. The molecule has 0 spiro atoms. The smallest absolute Gasteiger partial charge is 0.347 e. The van der Waals surface area contributed by atoms with Crippen molar-refractivity contribution in [3.8, 4) is 5.75 Å². The Morgan fingerprint density at radius 2 is 1.96 bits per heavy atom. The second kappa shape index (κ2) is 7.52. The van der Waals surface area contributed by atoms with Gasteiger partial charge in [0.05, 0.1) is 11.9 Å². The molecule has 0 aliphatic carbocycles. The Morgan fingerprint density at radius 3 is 2.62 bits per heavy atom. The Bertz CT molecular complexity index is 842. The highest BCUT2D eigenvalue weighted by molar-refractivity contribution is 7.14. The molecule has 0 radical (unpaired) electrons. The number of rotatable bonds is 6. The molecule has 0 unspecified atom stereocenters. The predicted molar refractivity (Wildman–Crippen MR) is 93.0 cm³/mol. The summed E-state index contributed by atoms with van der Waals surface area (Å²) in [5.41, 5.74) is 1.85. The zero-order chi connectivity index (χ0) is 16.8. The predicted octanol–water partition coefficient (Wildman–Crippen LogP) is 3.99. The van der Waals surface area contributed by atoms with Crippen molar-refractivity contribution in [2.24, 2.45) is 0 Å². The molecule has 6 heteroatoms. The van der Waals surface area contributed by atoms with Crippen LogP contribution in [-0.2, 0) is 6.61 Å². The Kier molecular flexibility index (Phi) is 4.98. The van der Waals surface area contributed by atoms with Gasteiger partial charge in [0.2, 0.25) is 0 Å². The molecule has 0 fully saturated rings. The van der Waals surface area contributed by atoms with Crippen LogP contribution in [0, 0.1) is 0 Å². The zero-order valence-electron chi connectivity index (χ0n) is 12.6. The first-order valence-electron chi connectivity index (χ1n) is 7.21. The fraction of sp³-hybridized carbons (Fsp3) is 0.0556. The highest BCUT2D eigenvalue weighted by Gasteiger charge is 2.06. The van der Waals surface area contributed by atoms with E-state index >= 15 is 0 Å². The van der Waals surface area contributed by atoms with Gasteiger partial charge in [0.1, 0.15) is 22.2 Å². The van der Waals surface area contributed by atoms with E-state index in [2.05, 4.69) is 9.97 Å². The van der Waals surface area contributed by atoms with Gasteiger partial charge in [-0.3, -0.25) is 4.98 Å². The van der Waals surface area contributed by atoms with Gasteiger partial charge in [-0.25, -0.2) is 9.78 Å². The van der Waals surface area contributed by atoms with Crippen molar-refractivity contribution in [1.82, 2.24) is 9.97 Å². The van der Waals surface area contributed by atoms with Gasteiger partial charge in [0.25, 0.3) is 0 Å². The van der Waals surface area contributed by atoms with Crippen LogP contribution in [-0.4, -0.2) is 21.0 Å². The molecule has 0 bridgehead atoms. The van der Waals surface area contributed by atoms with E-state index in [0.29, 0.717) is 11.6 Å². The number of nitrogens with zero attached hydrogens (tertiary/aromatic N) is 2. The third-order valence-electron chi connectivity index (χ3n) is 3.15. The number of thiazole rings is 1. The molecule has 1 aromatic carbocycles.